The normalized spacial score (nSPS) is 12.0. The SMILES string of the molecule is CC[C@@H](Oc1ccc(N(C)S(C)(=O)=O)cc1)C(=O)Nc1cc(C(=O)OC)ccc1Cl. The lowest BCUT2D eigenvalue weighted by Crippen LogP contribution is -2.32. The van der Waals surface area contributed by atoms with Crippen LogP contribution < -0.4 is 14.4 Å². The topological polar surface area (TPSA) is 102 Å². The molecule has 0 spiro atoms. The fourth-order valence-corrected chi connectivity index (χ4v) is 3.16. The summed E-state index contributed by atoms with van der Waals surface area (Å²) in [6.45, 7) is 1.78. The number of carbonyl (C=O) groups excluding carboxylic acids is 2. The number of nitrogens with one attached hydrogen (secondary N) is 1. The average molecular weight is 455 g/mol. The first-order valence-electron chi connectivity index (χ1n) is 8.96. The molecule has 8 nitrogen and oxygen atoms in total. The maximum absolute atomic E-state index is 12.7. The standard InChI is InChI=1S/C20H23ClN2O6S/c1-5-18(29-15-9-7-14(8-10-15)23(2)30(4,26)27)19(24)22-17-12-13(20(25)28-3)6-11-16(17)21/h6-12,18H,5H2,1-4H3,(H,22,24)/t18-/m1/s1. The maximum atomic E-state index is 12.7. The van der Waals surface area contributed by atoms with Gasteiger partial charge in [-0.05, 0) is 48.9 Å². The first-order valence-corrected chi connectivity index (χ1v) is 11.2. The Bertz CT molecular complexity index is 1020. The molecule has 1 N–H and O–H groups in total. The molecule has 0 aromatic heterocycles. The highest BCUT2D eigenvalue weighted by atomic mass is 35.5. The van der Waals surface area contributed by atoms with Crippen LogP contribution in [0.1, 0.15) is 23.7 Å². The highest BCUT2D eigenvalue weighted by Gasteiger charge is 2.21. The number of carbonyl (C=O) groups is 2. The molecule has 10 heteroatoms. The van der Waals surface area contributed by atoms with Gasteiger partial charge < -0.3 is 14.8 Å². The van der Waals surface area contributed by atoms with E-state index >= 15 is 0 Å². The Labute approximate surface area is 180 Å². The third-order valence-electron chi connectivity index (χ3n) is 4.28. The lowest BCUT2D eigenvalue weighted by Gasteiger charge is -2.20. The van der Waals surface area contributed by atoms with Crippen molar-refractivity contribution >= 4 is 44.9 Å². The van der Waals surface area contributed by atoms with Crippen molar-refractivity contribution in [2.75, 3.05) is 30.0 Å². The molecule has 2 aromatic rings. The van der Waals surface area contributed by atoms with E-state index in [1.165, 1.54) is 32.4 Å². The molecule has 0 aliphatic carbocycles. The van der Waals surface area contributed by atoms with Gasteiger partial charge in [0.2, 0.25) is 10.0 Å². The smallest absolute Gasteiger partial charge is 0.337 e. The van der Waals surface area contributed by atoms with Crippen molar-refractivity contribution < 1.29 is 27.5 Å². The van der Waals surface area contributed by atoms with Crippen molar-refractivity contribution in [3.8, 4) is 5.75 Å². The summed E-state index contributed by atoms with van der Waals surface area (Å²) in [6.07, 6.45) is 0.640. The maximum Gasteiger partial charge on any atom is 0.337 e. The monoisotopic (exact) mass is 454 g/mol. The Hall–Kier alpha value is -2.78. The second-order valence-corrected chi connectivity index (χ2v) is 8.84. The fraction of sp³-hybridized carbons (Fsp3) is 0.300. The summed E-state index contributed by atoms with van der Waals surface area (Å²) >= 11 is 6.12. The van der Waals surface area contributed by atoms with Crippen LogP contribution in [0.15, 0.2) is 42.5 Å². The molecule has 2 aromatic carbocycles. The van der Waals surface area contributed by atoms with Crippen LogP contribution in [0.25, 0.3) is 0 Å². The third-order valence-corrected chi connectivity index (χ3v) is 5.82. The van der Waals surface area contributed by atoms with Crippen LogP contribution in [-0.4, -0.2) is 46.8 Å². The predicted octanol–water partition coefficient (Wildman–Crippen LogP) is 3.32. The van der Waals surface area contributed by atoms with Gasteiger partial charge in [-0.2, -0.15) is 0 Å². The van der Waals surface area contributed by atoms with Gasteiger partial charge >= 0.3 is 5.97 Å². The van der Waals surface area contributed by atoms with Crippen molar-refractivity contribution in [2.45, 2.75) is 19.4 Å². The van der Waals surface area contributed by atoms with E-state index in [4.69, 9.17) is 16.3 Å². The van der Waals surface area contributed by atoms with E-state index in [1.807, 2.05) is 0 Å². The molecule has 1 atom stereocenters. The van der Waals surface area contributed by atoms with E-state index in [-0.39, 0.29) is 16.3 Å². The molecule has 0 bridgehead atoms. The van der Waals surface area contributed by atoms with E-state index in [0.717, 1.165) is 10.6 Å². The number of esters is 1. The number of methoxy groups -OCH3 is 1. The summed E-state index contributed by atoms with van der Waals surface area (Å²) in [5.41, 5.74) is 0.974. The molecule has 0 heterocycles. The van der Waals surface area contributed by atoms with Crippen molar-refractivity contribution in [3.05, 3.63) is 53.1 Å². The summed E-state index contributed by atoms with van der Waals surface area (Å²) in [6, 6.07) is 10.7. The van der Waals surface area contributed by atoms with E-state index in [1.54, 1.807) is 31.2 Å². The average Bonchev–Trinajstić information content (AvgIpc) is 2.72. The number of benzene rings is 2. The van der Waals surface area contributed by atoms with Gasteiger partial charge in [0.15, 0.2) is 6.10 Å². The van der Waals surface area contributed by atoms with Crippen LogP contribution in [0.4, 0.5) is 11.4 Å². The summed E-state index contributed by atoms with van der Waals surface area (Å²) < 4.78 is 34.8. The lowest BCUT2D eigenvalue weighted by atomic mass is 10.2. The van der Waals surface area contributed by atoms with E-state index < -0.39 is 28.0 Å². The highest BCUT2D eigenvalue weighted by molar-refractivity contribution is 7.92. The zero-order valence-electron chi connectivity index (χ0n) is 17.0. The zero-order chi connectivity index (χ0) is 22.5. The highest BCUT2D eigenvalue weighted by Crippen LogP contribution is 2.25. The van der Waals surface area contributed by atoms with Crippen molar-refractivity contribution in [1.82, 2.24) is 0 Å². The molecule has 0 unspecified atom stereocenters. The first-order chi connectivity index (χ1) is 14.1. The Morgan fingerprint density at radius 2 is 1.80 bits per heavy atom. The van der Waals surface area contributed by atoms with Crippen molar-refractivity contribution in [2.24, 2.45) is 0 Å². The second-order valence-electron chi connectivity index (χ2n) is 6.41. The number of sulfonamides is 1. The van der Waals surface area contributed by atoms with Gasteiger partial charge in [0.25, 0.3) is 5.91 Å². The molecule has 0 saturated heterocycles. The molecule has 1 amide bonds. The van der Waals surface area contributed by atoms with Crippen molar-refractivity contribution in [3.63, 3.8) is 0 Å². The molecule has 0 aliphatic heterocycles. The van der Waals surface area contributed by atoms with Gasteiger partial charge in [0, 0.05) is 7.05 Å². The van der Waals surface area contributed by atoms with Gasteiger partial charge in [-0.1, -0.05) is 18.5 Å². The summed E-state index contributed by atoms with van der Waals surface area (Å²) in [7, 11) is -0.674. The minimum absolute atomic E-state index is 0.247. The van der Waals surface area contributed by atoms with E-state index in [2.05, 4.69) is 10.1 Å². The number of nitrogens with zero attached hydrogens (tertiary/aromatic N) is 1. The lowest BCUT2D eigenvalue weighted by molar-refractivity contribution is -0.122. The Morgan fingerprint density at radius 1 is 1.17 bits per heavy atom. The fourth-order valence-electron chi connectivity index (χ4n) is 2.49. The van der Waals surface area contributed by atoms with Gasteiger partial charge in [0.1, 0.15) is 5.75 Å². The Balaban J connectivity index is 2.13. The summed E-state index contributed by atoms with van der Waals surface area (Å²) in [5, 5.41) is 2.92. The molecule has 0 radical (unpaired) electrons. The van der Waals surface area contributed by atoms with Gasteiger partial charge in [-0.25, -0.2) is 13.2 Å². The molecule has 0 aliphatic rings. The molecule has 30 heavy (non-hydrogen) atoms. The number of amides is 1. The number of rotatable bonds is 8. The predicted molar refractivity (Wildman–Crippen MR) is 116 cm³/mol. The number of hydrogen-bond donors (Lipinski definition) is 1. The Morgan fingerprint density at radius 3 is 2.33 bits per heavy atom. The summed E-state index contributed by atoms with van der Waals surface area (Å²) in [5.74, 6) is -0.597. The molecule has 0 fully saturated rings. The van der Waals surface area contributed by atoms with Crippen LogP contribution in [0, 0.1) is 0 Å². The largest absolute Gasteiger partial charge is 0.481 e. The quantitative estimate of drug-likeness (QED) is 0.614. The van der Waals surface area contributed by atoms with Gasteiger partial charge in [-0.15, -0.1) is 0 Å². The molecular formula is C20H23ClN2O6S. The Kier molecular flexibility index (Phi) is 7.69. The van der Waals surface area contributed by atoms with Crippen LogP contribution >= 0.6 is 11.6 Å². The zero-order valence-corrected chi connectivity index (χ0v) is 18.6. The van der Waals surface area contributed by atoms with Crippen LogP contribution in [0.5, 0.6) is 5.75 Å². The van der Waals surface area contributed by atoms with E-state index in [9.17, 15) is 18.0 Å². The third kappa shape index (κ3) is 5.87. The number of hydrogen-bond acceptors (Lipinski definition) is 6. The number of anilines is 2. The van der Waals surface area contributed by atoms with E-state index in [0.29, 0.717) is 17.9 Å². The van der Waals surface area contributed by atoms with Crippen LogP contribution in [0.3, 0.4) is 0 Å². The van der Waals surface area contributed by atoms with Gasteiger partial charge in [0.05, 0.1) is 35.3 Å². The molecular weight excluding hydrogens is 432 g/mol. The van der Waals surface area contributed by atoms with Crippen LogP contribution in [-0.2, 0) is 19.6 Å². The molecule has 162 valence electrons. The van der Waals surface area contributed by atoms with Crippen LogP contribution in [0.2, 0.25) is 5.02 Å². The first kappa shape index (κ1) is 23.5. The molecule has 2 rings (SSSR count). The molecule has 0 saturated carbocycles. The van der Waals surface area contributed by atoms with Crippen molar-refractivity contribution in [1.29, 1.82) is 0 Å². The summed E-state index contributed by atoms with van der Waals surface area (Å²) in [4.78, 5) is 24.3. The minimum atomic E-state index is -3.38. The minimum Gasteiger partial charge on any atom is -0.481 e. The number of halogens is 1. The number of ether oxygens (including phenoxy) is 2. The second kappa shape index (κ2) is 9.82. The van der Waals surface area contributed by atoms with Gasteiger partial charge in [-0.3, -0.25) is 9.10 Å².